The summed E-state index contributed by atoms with van der Waals surface area (Å²) in [6.45, 7) is 12.2. The van der Waals surface area contributed by atoms with Crippen molar-refractivity contribution in [3.05, 3.63) is 37.0 Å². The predicted octanol–water partition coefficient (Wildman–Crippen LogP) is 6.45. The highest BCUT2D eigenvalue weighted by Gasteiger charge is 2.04. The lowest BCUT2D eigenvalue weighted by Gasteiger charge is -2.12. The van der Waals surface area contributed by atoms with Gasteiger partial charge in [0.15, 0.2) is 0 Å². The van der Waals surface area contributed by atoms with E-state index in [4.69, 9.17) is 0 Å². The van der Waals surface area contributed by atoms with Gasteiger partial charge in [-0.05, 0) is 50.9 Å². The molecule has 0 heterocycles. The van der Waals surface area contributed by atoms with Crippen LogP contribution in [0, 0.1) is 5.92 Å². The molecule has 0 aliphatic rings. The second-order valence-electron chi connectivity index (χ2n) is 5.35. The van der Waals surface area contributed by atoms with Gasteiger partial charge in [-0.2, -0.15) is 0 Å². The van der Waals surface area contributed by atoms with E-state index in [1.165, 1.54) is 51.4 Å². The van der Waals surface area contributed by atoms with Gasteiger partial charge in [0.25, 0.3) is 0 Å². The van der Waals surface area contributed by atoms with Crippen molar-refractivity contribution in [1.82, 2.24) is 0 Å². The maximum atomic E-state index is 3.83. The van der Waals surface area contributed by atoms with Crippen LogP contribution in [0.1, 0.15) is 71.6 Å². The van der Waals surface area contributed by atoms with E-state index in [2.05, 4.69) is 33.1 Å². The van der Waals surface area contributed by atoms with Crippen molar-refractivity contribution in [2.24, 2.45) is 5.92 Å². The average Bonchev–Trinajstić information content (AvgIpc) is 2.34. The molecular weight excluding hydrogens is 216 g/mol. The van der Waals surface area contributed by atoms with E-state index < -0.39 is 0 Å². The summed E-state index contributed by atoms with van der Waals surface area (Å²) < 4.78 is 0. The lowest BCUT2D eigenvalue weighted by atomic mass is 9.93. The van der Waals surface area contributed by atoms with E-state index in [0.29, 0.717) is 0 Å². The highest BCUT2D eigenvalue weighted by atomic mass is 14.1. The van der Waals surface area contributed by atoms with Crippen LogP contribution < -0.4 is 0 Å². The van der Waals surface area contributed by atoms with E-state index >= 15 is 0 Å². The first-order valence-corrected chi connectivity index (χ1v) is 7.64. The first-order chi connectivity index (χ1) is 8.74. The van der Waals surface area contributed by atoms with Gasteiger partial charge < -0.3 is 0 Å². The Morgan fingerprint density at radius 3 is 2.39 bits per heavy atom. The third kappa shape index (κ3) is 10.4. The molecule has 0 amide bonds. The van der Waals surface area contributed by atoms with E-state index in [-0.39, 0.29) is 0 Å². The molecule has 0 saturated carbocycles. The van der Waals surface area contributed by atoms with Gasteiger partial charge >= 0.3 is 0 Å². The smallest absolute Gasteiger partial charge is 0.0291 e. The van der Waals surface area contributed by atoms with Crippen molar-refractivity contribution in [2.75, 3.05) is 0 Å². The molecule has 0 aromatic rings. The van der Waals surface area contributed by atoms with Gasteiger partial charge in [0.2, 0.25) is 0 Å². The molecule has 0 heteroatoms. The van der Waals surface area contributed by atoms with Crippen LogP contribution in [0.5, 0.6) is 0 Å². The van der Waals surface area contributed by atoms with Crippen LogP contribution in [-0.2, 0) is 0 Å². The molecule has 0 rings (SSSR count). The average molecular weight is 248 g/mol. The Morgan fingerprint density at radius 1 is 1.06 bits per heavy atom. The maximum Gasteiger partial charge on any atom is -0.0291 e. The third-order valence-corrected chi connectivity index (χ3v) is 3.33. The van der Waals surface area contributed by atoms with Crippen molar-refractivity contribution in [2.45, 2.75) is 71.6 Å². The van der Waals surface area contributed by atoms with Crippen LogP contribution in [-0.4, -0.2) is 0 Å². The van der Waals surface area contributed by atoms with Crippen LogP contribution in [0.3, 0.4) is 0 Å². The SMILES string of the molecule is C=CCCCCCCC(=CCC)CC(C)CC=C. The fourth-order valence-electron chi connectivity index (χ4n) is 2.39. The van der Waals surface area contributed by atoms with Crippen LogP contribution in [0.2, 0.25) is 0 Å². The predicted molar refractivity (Wildman–Crippen MR) is 84.9 cm³/mol. The topological polar surface area (TPSA) is 0 Å². The molecule has 0 aromatic heterocycles. The van der Waals surface area contributed by atoms with Gasteiger partial charge in [0, 0.05) is 0 Å². The first kappa shape index (κ1) is 17.2. The van der Waals surface area contributed by atoms with Gasteiger partial charge in [0.1, 0.15) is 0 Å². The third-order valence-electron chi connectivity index (χ3n) is 3.33. The molecule has 0 bridgehead atoms. The Labute approximate surface area is 115 Å². The highest BCUT2D eigenvalue weighted by Crippen LogP contribution is 2.21. The minimum absolute atomic E-state index is 0.751. The summed E-state index contributed by atoms with van der Waals surface area (Å²) in [5, 5.41) is 0. The lowest BCUT2D eigenvalue weighted by molar-refractivity contribution is 0.558. The van der Waals surface area contributed by atoms with Crippen molar-refractivity contribution in [3.8, 4) is 0 Å². The molecule has 0 aliphatic carbocycles. The Hall–Kier alpha value is -0.780. The largest absolute Gasteiger partial charge is 0.103 e. The number of allylic oxidation sites excluding steroid dienone is 4. The molecular formula is C18H32. The van der Waals surface area contributed by atoms with E-state index in [0.717, 1.165) is 12.3 Å². The van der Waals surface area contributed by atoms with Crippen molar-refractivity contribution < 1.29 is 0 Å². The van der Waals surface area contributed by atoms with Gasteiger partial charge in [0.05, 0.1) is 0 Å². The highest BCUT2D eigenvalue weighted by molar-refractivity contribution is 5.03. The molecule has 0 spiro atoms. The second-order valence-corrected chi connectivity index (χ2v) is 5.35. The molecule has 104 valence electrons. The Morgan fingerprint density at radius 2 is 1.78 bits per heavy atom. The summed E-state index contributed by atoms with van der Waals surface area (Å²) in [6.07, 6.45) is 17.9. The van der Waals surface area contributed by atoms with Gasteiger partial charge in [-0.25, -0.2) is 0 Å². The van der Waals surface area contributed by atoms with Crippen LogP contribution >= 0.6 is 0 Å². The van der Waals surface area contributed by atoms with Crippen LogP contribution in [0.25, 0.3) is 0 Å². The zero-order chi connectivity index (χ0) is 13.6. The molecule has 0 N–H and O–H groups in total. The summed E-state index contributed by atoms with van der Waals surface area (Å²) in [5.74, 6) is 0.751. The molecule has 0 aliphatic heterocycles. The normalized spacial score (nSPS) is 13.3. The quantitative estimate of drug-likeness (QED) is 0.275. The van der Waals surface area contributed by atoms with Crippen molar-refractivity contribution in [1.29, 1.82) is 0 Å². The van der Waals surface area contributed by atoms with Crippen LogP contribution in [0.4, 0.5) is 0 Å². The summed E-state index contributed by atoms with van der Waals surface area (Å²) in [6, 6.07) is 0. The van der Waals surface area contributed by atoms with Crippen molar-refractivity contribution in [3.63, 3.8) is 0 Å². The zero-order valence-corrected chi connectivity index (χ0v) is 12.6. The lowest BCUT2D eigenvalue weighted by Crippen LogP contribution is -1.96. The zero-order valence-electron chi connectivity index (χ0n) is 12.6. The molecule has 0 fully saturated rings. The fourth-order valence-corrected chi connectivity index (χ4v) is 2.39. The van der Waals surface area contributed by atoms with E-state index in [9.17, 15) is 0 Å². The van der Waals surface area contributed by atoms with E-state index in [1.807, 2.05) is 12.2 Å². The Balaban J connectivity index is 3.80. The van der Waals surface area contributed by atoms with E-state index in [1.54, 1.807) is 5.57 Å². The Bertz CT molecular complexity index is 234. The number of unbranched alkanes of at least 4 members (excludes halogenated alkanes) is 4. The van der Waals surface area contributed by atoms with Crippen molar-refractivity contribution >= 4 is 0 Å². The molecule has 0 saturated heterocycles. The van der Waals surface area contributed by atoms with Crippen LogP contribution in [0.15, 0.2) is 37.0 Å². The summed E-state index contributed by atoms with van der Waals surface area (Å²) >= 11 is 0. The number of hydrogen-bond donors (Lipinski definition) is 0. The summed E-state index contributed by atoms with van der Waals surface area (Å²) in [5.41, 5.74) is 1.66. The summed E-state index contributed by atoms with van der Waals surface area (Å²) in [4.78, 5) is 0. The maximum absolute atomic E-state index is 3.83. The first-order valence-electron chi connectivity index (χ1n) is 7.64. The monoisotopic (exact) mass is 248 g/mol. The van der Waals surface area contributed by atoms with Gasteiger partial charge in [-0.1, -0.05) is 50.5 Å². The Kier molecular flexibility index (Phi) is 12.1. The molecule has 1 unspecified atom stereocenters. The molecule has 18 heavy (non-hydrogen) atoms. The minimum Gasteiger partial charge on any atom is -0.103 e. The number of rotatable bonds is 12. The second kappa shape index (κ2) is 12.7. The standard InChI is InChI=1S/C18H32/c1-5-8-9-10-11-12-15-18(14-7-3)16-17(4)13-6-2/h5-6,14,17H,1-2,7-13,15-16H2,3-4H3. The molecule has 0 aromatic carbocycles. The molecule has 1 atom stereocenters. The van der Waals surface area contributed by atoms with Gasteiger partial charge in [-0.3, -0.25) is 0 Å². The van der Waals surface area contributed by atoms with Gasteiger partial charge in [-0.15, -0.1) is 13.2 Å². The number of hydrogen-bond acceptors (Lipinski definition) is 0. The minimum atomic E-state index is 0.751. The molecule has 0 radical (unpaired) electrons. The fraction of sp³-hybridized carbons (Fsp3) is 0.667. The summed E-state index contributed by atoms with van der Waals surface area (Å²) in [7, 11) is 0. The molecule has 0 nitrogen and oxygen atoms in total.